The number of carboxylic acids is 1. The van der Waals surface area contributed by atoms with E-state index in [1.54, 1.807) is 18.2 Å². The second kappa shape index (κ2) is 10.7. The predicted octanol–water partition coefficient (Wildman–Crippen LogP) is 5.15. The van der Waals surface area contributed by atoms with E-state index in [1.807, 2.05) is 16.7 Å². The van der Waals surface area contributed by atoms with E-state index in [2.05, 4.69) is 14.8 Å². The molecule has 0 radical (unpaired) electrons. The highest BCUT2D eigenvalue weighted by Gasteiger charge is 2.41. The van der Waals surface area contributed by atoms with Crippen LogP contribution in [-0.4, -0.2) is 69.0 Å². The average Bonchev–Trinajstić information content (AvgIpc) is 3.48. The van der Waals surface area contributed by atoms with E-state index >= 15 is 0 Å². The summed E-state index contributed by atoms with van der Waals surface area (Å²) >= 11 is 0. The molecule has 3 aliphatic rings. The molecule has 0 spiro atoms. The zero-order valence-corrected chi connectivity index (χ0v) is 21.7. The fourth-order valence-electron chi connectivity index (χ4n) is 6.93. The number of hydrogen-bond acceptors (Lipinski definition) is 4. The van der Waals surface area contributed by atoms with Crippen LogP contribution in [0, 0.1) is 23.5 Å². The van der Waals surface area contributed by atoms with Crippen LogP contribution in [0.1, 0.15) is 61.6 Å². The first kappa shape index (κ1) is 25.4. The number of likely N-dealkylation sites (tertiary alicyclic amines) is 2. The predicted molar refractivity (Wildman–Crippen MR) is 141 cm³/mol. The van der Waals surface area contributed by atoms with E-state index in [4.69, 9.17) is 0 Å². The van der Waals surface area contributed by atoms with Gasteiger partial charge in [-0.1, -0.05) is 31.4 Å². The fraction of sp³-hybridized carbons (Fsp3) is 0.533. The van der Waals surface area contributed by atoms with E-state index < -0.39 is 12.0 Å². The van der Waals surface area contributed by atoms with E-state index in [0.717, 1.165) is 68.8 Å². The van der Waals surface area contributed by atoms with E-state index in [-0.39, 0.29) is 23.5 Å². The van der Waals surface area contributed by atoms with Crippen molar-refractivity contribution in [2.75, 3.05) is 32.7 Å². The van der Waals surface area contributed by atoms with Gasteiger partial charge in [0.1, 0.15) is 23.3 Å². The molecule has 1 N–H and O–H groups in total. The van der Waals surface area contributed by atoms with Crippen LogP contribution in [-0.2, 0) is 4.79 Å². The van der Waals surface area contributed by atoms with Crippen molar-refractivity contribution >= 4 is 11.6 Å². The maximum absolute atomic E-state index is 14.2. The van der Waals surface area contributed by atoms with Crippen LogP contribution in [0.5, 0.6) is 0 Å². The van der Waals surface area contributed by atoms with Crippen molar-refractivity contribution < 1.29 is 18.7 Å². The molecule has 3 fully saturated rings. The Morgan fingerprint density at radius 1 is 1.05 bits per heavy atom. The number of halogens is 2. The van der Waals surface area contributed by atoms with Gasteiger partial charge in [0.25, 0.3) is 0 Å². The third kappa shape index (κ3) is 5.21. The molecule has 38 heavy (non-hydrogen) atoms. The van der Waals surface area contributed by atoms with E-state index in [0.29, 0.717) is 24.8 Å². The lowest BCUT2D eigenvalue weighted by atomic mass is 9.80. The highest BCUT2D eigenvalue weighted by Crippen LogP contribution is 2.39. The maximum atomic E-state index is 14.2. The number of carbonyl (C=O) groups is 1. The van der Waals surface area contributed by atoms with Crippen molar-refractivity contribution in [2.45, 2.75) is 56.4 Å². The summed E-state index contributed by atoms with van der Waals surface area (Å²) in [5.74, 6) is -0.0683. The second-order valence-corrected chi connectivity index (χ2v) is 11.6. The minimum absolute atomic E-state index is 0.105. The summed E-state index contributed by atoms with van der Waals surface area (Å²) in [7, 11) is 0. The molecular weight excluding hydrogens is 486 g/mol. The zero-order chi connectivity index (χ0) is 26.2. The Morgan fingerprint density at radius 2 is 1.87 bits per heavy atom. The molecule has 4 heterocycles. The number of carboxylic acid groups (broad SMARTS) is 1. The van der Waals surface area contributed by atoms with Crippen molar-refractivity contribution in [1.29, 1.82) is 0 Å². The average molecular weight is 523 g/mol. The van der Waals surface area contributed by atoms with Crippen LogP contribution in [0.25, 0.3) is 5.65 Å². The first-order chi connectivity index (χ1) is 18.4. The molecule has 0 unspecified atom stereocenters. The molecule has 1 aliphatic carbocycles. The van der Waals surface area contributed by atoms with Gasteiger partial charge in [-0.25, -0.2) is 13.8 Å². The van der Waals surface area contributed by atoms with Gasteiger partial charge >= 0.3 is 5.97 Å². The van der Waals surface area contributed by atoms with Crippen molar-refractivity contribution in [3.05, 3.63) is 71.7 Å². The number of nitrogens with zero attached hydrogens (tertiary/aromatic N) is 4. The SMILES string of the molecule is O=C(O)[C@@H](CC1CCC1)N1C[C@H](CN2CCC(c3cnc4ccc(F)cn34)CC2)[C@@H](c2cccc(F)c2)C1. The second-order valence-electron chi connectivity index (χ2n) is 11.6. The first-order valence-corrected chi connectivity index (χ1v) is 14.0. The van der Waals surface area contributed by atoms with Gasteiger partial charge < -0.3 is 14.4 Å². The Bertz CT molecular complexity index is 1280. The summed E-state index contributed by atoms with van der Waals surface area (Å²) in [6, 6.07) is 9.53. The van der Waals surface area contributed by atoms with Crippen molar-refractivity contribution in [3.63, 3.8) is 0 Å². The lowest BCUT2D eigenvalue weighted by molar-refractivity contribution is -0.144. The Labute approximate surface area is 222 Å². The molecule has 6 nitrogen and oxygen atoms in total. The lowest BCUT2D eigenvalue weighted by Gasteiger charge is -2.35. The van der Waals surface area contributed by atoms with Gasteiger partial charge in [-0.3, -0.25) is 9.69 Å². The summed E-state index contributed by atoms with van der Waals surface area (Å²) in [5, 5.41) is 10.1. The highest BCUT2D eigenvalue weighted by molar-refractivity contribution is 5.73. The zero-order valence-electron chi connectivity index (χ0n) is 21.7. The minimum atomic E-state index is -0.735. The number of fused-ring (bicyclic) bond motifs is 1. The van der Waals surface area contributed by atoms with Gasteiger partial charge in [0.05, 0.1) is 0 Å². The molecule has 1 saturated carbocycles. The molecule has 0 bridgehead atoms. The van der Waals surface area contributed by atoms with Crippen molar-refractivity contribution in [2.24, 2.45) is 11.8 Å². The van der Waals surface area contributed by atoms with Crippen LogP contribution in [0.4, 0.5) is 8.78 Å². The summed E-state index contributed by atoms with van der Waals surface area (Å²) in [6.07, 6.45) is 9.48. The number of imidazole rings is 1. The third-order valence-electron chi connectivity index (χ3n) is 9.25. The first-order valence-electron chi connectivity index (χ1n) is 14.0. The largest absolute Gasteiger partial charge is 0.480 e. The lowest BCUT2D eigenvalue weighted by Crippen LogP contribution is -2.43. The van der Waals surface area contributed by atoms with Crippen LogP contribution in [0.2, 0.25) is 0 Å². The molecule has 3 aromatic rings. The fourth-order valence-corrected chi connectivity index (χ4v) is 6.93. The molecular formula is C30H36F2N4O2. The molecule has 2 aliphatic heterocycles. The number of hydrogen-bond donors (Lipinski definition) is 1. The number of aliphatic carboxylic acids is 1. The quantitative estimate of drug-likeness (QED) is 0.443. The minimum Gasteiger partial charge on any atom is -0.480 e. The number of rotatable bonds is 8. The Hall–Kier alpha value is -2.84. The van der Waals surface area contributed by atoms with Gasteiger partial charge in [-0.05, 0) is 74.0 Å². The standard InChI is InChI=1S/C30H36F2N4O2/c31-24-6-2-5-22(14-24)26-19-35(27(30(37)38)13-20-3-1-4-20)17-23(26)16-34-11-9-21(10-12-34)28-15-33-29-8-7-25(32)18-36(28)29/h2,5-8,14-15,18,20-21,23,26-27H,1,3-4,9-13,16-17,19H2,(H,37,38)/t23-,26+,27+/m0/s1. The molecule has 202 valence electrons. The Kier molecular flexibility index (Phi) is 7.18. The van der Waals surface area contributed by atoms with Crippen LogP contribution < -0.4 is 0 Å². The van der Waals surface area contributed by atoms with Crippen molar-refractivity contribution in [3.8, 4) is 0 Å². The molecule has 8 heteroatoms. The number of benzene rings is 1. The molecule has 0 amide bonds. The third-order valence-corrected chi connectivity index (χ3v) is 9.25. The number of piperidine rings is 1. The molecule has 1 aromatic carbocycles. The van der Waals surface area contributed by atoms with Crippen molar-refractivity contribution in [1.82, 2.24) is 19.2 Å². The van der Waals surface area contributed by atoms with E-state index in [1.165, 1.54) is 24.8 Å². The monoisotopic (exact) mass is 522 g/mol. The normalized spacial score (nSPS) is 24.6. The molecule has 2 aromatic heterocycles. The van der Waals surface area contributed by atoms with E-state index in [9.17, 15) is 18.7 Å². The molecule has 2 saturated heterocycles. The summed E-state index contributed by atoms with van der Waals surface area (Å²) in [5.41, 5.74) is 2.79. The highest BCUT2D eigenvalue weighted by atomic mass is 19.1. The summed E-state index contributed by atoms with van der Waals surface area (Å²) in [6.45, 7) is 4.08. The van der Waals surface area contributed by atoms with Crippen LogP contribution in [0.3, 0.4) is 0 Å². The van der Waals surface area contributed by atoms with Gasteiger partial charge in [-0.15, -0.1) is 0 Å². The number of pyridine rings is 1. The van der Waals surface area contributed by atoms with Gasteiger partial charge in [0, 0.05) is 49.6 Å². The summed E-state index contributed by atoms with van der Waals surface area (Å²) < 4.78 is 29.9. The molecule has 6 rings (SSSR count). The Morgan fingerprint density at radius 3 is 2.58 bits per heavy atom. The summed E-state index contributed by atoms with van der Waals surface area (Å²) in [4.78, 5) is 21.4. The van der Waals surface area contributed by atoms with Gasteiger partial charge in [0.15, 0.2) is 0 Å². The topological polar surface area (TPSA) is 61.1 Å². The van der Waals surface area contributed by atoms with Crippen LogP contribution >= 0.6 is 0 Å². The Balaban J connectivity index is 1.15. The van der Waals surface area contributed by atoms with Gasteiger partial charge in [-0.2, -0.15) is 0 Å². The maximum Gasteiger partial charge on any atom is 0.320 e. The molecule has 3 atom stereocenters. The smallest absolute Gasteiger partial charge is 0.320 e. The number of aromatic nitrogens is 2. The van der Waals surface area contributed by atoms with Crippen LogP contribution in [0.15, 0.2) is 48.8 Å². The van der Waals surface area contributed by atoms with Gasteiger partial charge in [0.2, 0.25) is 0 Å².